The van der Waals surface area contributed by atoms with E-state index in [1.54, 1.807) is 0 Å². The monoisotopic (exact) mass is 261 g/mol. The lowest BCUT2D eigenvalue weighted by Gasteiger charge is -2.12. The Morgan fingerprint density at radius 3 is 2.95 bits per heavy atom. The fourth-order valence-corrected chi connectivity index (χ4v) is 2.97. The van der Waals surface area contributed by atoms with Gasteiger partial charge in [0.15, 0.2) is 0 Å². The summed E-state index contributed by atoms with van der Waals surface area (Å²) >= 11 is 0. The fourth-order valence-electron chi connectivity index (χ4n) is 2.97. The first-order valence-electron chi connectivity index (χ1n) is 7.28. The van der Waals surface area contributed by atoms with Gasteiger partial charge in [0.2, 0.25) is 0 Å². The van der Waals surface area contributed by atoms with Crippen LogP contribution < -0.4 is 10.6 Å². The van der Waals surface area contributed by atoms with Crippen molar-refractivity contribution < 1.29 is 0 Å². The van der Waals surface area contributed by atoms with Crippen molar-refractivity contribution in [2.24, 2.45) is 5.92 Å². The highest BCUT2D eigenvalue weighted by Crippen LogP contribution is 2.24. The van der Waals surface area contributed by atoms with Crippen molar-refractivity contribution in [2.75, 3.05) is 45.1 Å². The van der Waals surface area contributed by atoms with E-state index in [-0.39, 0.29) is 0 Å². The molecule has 19 heavy (non-hydrogen) atoms. The smallest absolute Gasteiger partial charge is 0.148 e. The number of hydrogen-bond donors (Lipinski definition) is 2. The molecule has 5 heteroatoms. The molecule has 2 aliphatic heterocycles. The van der Waals surface area contributed by atoms with Crippen LogP contribution in [-0.2, 0) is 0 Å². The number of aromatic nitrogens is 2. The SMILES string of the molecule is CN1CCC(c2ccc(NCC3CCNC3)nn2)C1. The number of likely N-dealkylation sites (tertiary alicyclic amines) is 1. The Kier molecular flexibility index (Phi) is 3.94. The second-order valence-corrected chi connectivity index (χ2v) is 5.83. The van der Waals surface area contributed by atoms with Gasteiger partial charge in [-0.15, -0.1) is 5.10 Å². The number of anilines is 1. The van der Waals surface area contributed by atoms with Crippen molar-refractivity contribution >= 4 is 5.82 Å². The van der Waals surface area contributed by atoms with Gasteiger partial charge in [0.1, 0.15) is 5.82 Å². The van der Waals surface area contributed by atoms with E-state index in [0.29, 0.717) is 5.92 Å². The Morgan fingerprint density at radius 1 is 1.37 bits per heavy atom. The highest BCUT2D eigenvalue weighted by Gasteiger charge is 2.22. The summed E-state index contributed by atoms with van der Waals surface area (Å²) in [4.78, 5) is 2.35. The maximum absolute atomic E-state index is 4.39. The molecule has 2 aliphatic rings. The van der Waals surface area contributed by atoms with Gasteiger partial charge in [-0.05, 0) is 57.6 Å². The minimum absolute atomic E-state index is 0.561. The summed E-state index contributed by atoms with van der Waals surface area (Å²) in [6.45, 7) is 5.53. The minimum Gasteiger partial charge on any atom is -0.368 e. The fraction of sp³-hybridized carbons (Fsp3) is 0.714. The molecule has 0 aromatic carbocycles. The van der Waals surface area contributed by atoms with Crippen molar-refractivity contribution in [1.82, 2.24) is 20.4 Å². The minimum atomic E-state index is 0.561. The van der Waals surface area contributed by atoms with E-state index in [0.717, 1.165) is 43.6 Å². The predicted octanol–water partition coefficient (Wildman–Crippen LogP) is 0.917. The molecule has 2 fully saturated rings. The Hall–Kier alpha value is -1.20. The molecule has 1 aromatic heterocycles. The second-order valence-electron chi connectivity index (χ2n) is 5.83. The number of hydrogen-bond acceptors (Lipinski definition) is 5. The van der Waals surface area contributed by atoms with Crippen molar-refractivity contribution in [1.29, 1.82) is 0 Å². The van der Waals surface area contributed by atoms with Crippen LogP contribution in [-0.4, -0.2) is 54.9 Å². The molecule has 0 saturated carbocycles. The standard InChI is InChI=1S/C14H23N5/c1-19-7-5-12(10-19)13-2-3-14(18-17-13)16-9-11-4-6-15-8-11/h2-3,11-12,15H,4-10H2,1H3,(H,16,18). The molecule has 0 radical (unpaired) electrons. The molecule has 0 spiro atoms. The van der Waals surface area contributed by atoms with Gasteiger partial charge in [-0.25, -0.2) is 0 Å². The number of likely N-dealkylation sites (N-methyl/N-ethyl adjacent to an activating group) is 1. The summed E-state index contributed by atoms with van der Waals surface area (Å²) in [5, 5.41) is 15.5. The average molecular weight is 261 g/mol. The Labute approximate surface area is 114 Å². The van der Waals surface area contributed by atoms with Gasteiger partial charge < -0.3 is 15.5 Å². The van der Waals surface area contributed by atoms with E-state index in [9.17, 15) is 0 Å². The summed E-state index contributed by atoms with van der Waals surface area (Å²) in [6, 6.07) is 4.20. The van der Waals surface area contributed by atoms with Gasteiger partial charge in [0, 0.05) is 19.0 Å². The van der Waals surface area contributed by atoms with Gasteiger partial charge in [-0.2, -0.15) is 5.10 Å². The summed E-state index contributed by atoms with van der Waals surface area (Å²) in [5.41, 5.74) is 1.14. The zero-order valence-electron chi connectivity index (χ0n) is 11.6. The topological polar surface area (TPSA) is 53.1 Å². The van der Waals surface area contributed by atoms with E-state index >= 15 is 0 Å². The van der Waals surface area contributed by atoms with E-state index in [1.165, 1.54) is 19.4 Å². The number of nitrogens with one attached hydrogen (secondary N) is 2. The van der Waals surface area contributed by atoms with Crippen molar-refractivity contribution in [3.63, 3.8) is 0 Å². The van der Waals surface area contributed by atoms with Crippen LogP contribution in [0.2, 0.25) is 0 Å². The zero-order chi connectivity index (χ0) is 13.1. The third kappa shape index (κ3) is 3.22. The summed E-state index contributed by atoms with van der Waals surface area (Å²) in [5.74, 6) is 2.19. The Morgan fingerprint density at radius 2 is 2.32 bits per heavy atom. The molecular formula is C14H23N5. The van der Waals surface area contributed by atoms with Gasteiger partial charge in [-0.3, -0.25) is 0 Å². The molecule has 2 atom stereocenters. The van der Waals surface area contributed by atoms with Crippen LogP contribution in [0.5, 0.6) is 0 Å². The predicted molar refractivity (Wildman–Crippen MR) is 76.4 cm³/mol. The largest absolute Gasteiger partial charge is 0.368 e. The molecule has 0 bridgehead atoms. The quantitative estimate of drug-likeness (QED) is 0.844. The Balaban J connectivity index is 1.53. The molecule has 2 unspecified atom stereocenters. The van der Waals surface area contributed by atoms with Gasteiger partial charge in [-0.1, -0.05) is 0 Å². The first kappa shape index (κ1) is 12.8. The van der Waals surface area contributed by atoms with Crippen LogP contribution in [0.15, 0.2) is 12.1 Å². The van der Waals surface area contributed by atoms with Crippen LogP contribution in [0, 0.1) is 5.92 Å². The molecule has 3 heterocycles. The summed E-state index contributed by atoms with van der Waals surface area (Å²) in [7, 11) is 2.17. The number of nitrogens with zero attached hydrogens (tertiary/aromatic N) is 3. The van der Waals surface area contributed by atoms with Crippen LogP contribution in [0.25, 0.3) is 0 Å². The summed E-state index contributed by atoms with van der Waals surface area (Å²) in [6.07, 6.45) is 2.46. The molecule has 0 aliphatic carbocycles. The summed E-state index contributed by atoms with van der Waals surface area (Å²) < 4.78 is 0. The lowest BCUT2D eigenvalue weighted by atomic mass is 10.1. The molecular weight excluding hydrogens is 238 g/mol. The molecule has 104 valence electrons. The third-order valence-corrected chi connectivity index (χ3v) is 4.23. The van der Waals surface area contributed by atoms with Crippen LogP contribution in [0.3, 0.4) is 0 Å². The molecule has 2 N–H and O–H groups in total. The number of rotatable bonds is 4. The van der Waals surface area contributed by atoms with Crippen LogP contribution in [0.1, 0.15) is 24.5 Å². The highest BCUT2D eigenvalue weighted by molar-refractivity contribution is 5.33. The van der Waals surface area contributed by atoms with Gasteiger partial charge in [0.25, 0.3) is 0 Å². The molecule has 1 aromatic rings. The van der Waals surface area contributed by atoms with E-state index in [4.69, 9.17) is 0 Å². The van der Waals surface area contributed by atoms with Gasteiger partial charge in [0.05, 0.1) is 5.69 Å². The average Bonchev–Trinajstić information content (AvgIpc) is 3.08. The lowest BCUT2D eigenvalue weighted by Crippen LogP contribution is -2.18. The highest BCUT2D eigenvalue weighted by atomic mass is 15.2. The van der Waals surface area contributed by atoms with Crippen LogP contribution in [0.4, 0.5) is 5.82 Å². The first-order valence-corrected chi connectivity index (χ1v) is 7.28. The Bertz CT molecular complexity index is 399. The molecule has 0 amide bonds. The molecule has 2 saturated heterocycles. The van der Waals surface area contributed by atoms with E-state index < -0.39 is 0 Å². The maximum atomic E-state index is 4.39. The van der Waals surface area contributed by atoms with Crippen LogP contribution >= 0.6 is 0 Å². The first-order chi connectivity index (χ1) is 9.31. The van der Waals surface area contributed by atoms with E-state index in [2.05, 4.69) is 44.9 Å². The third-order valence-electron chi connectivity index (χ3n) is 4.23. The second kappa shape index (κ2) is 5.84. The van der Waals surface area contributed by atoms with Crippen molar-refractivity contribution in [3.8, 4) is 0 Å². The van der Waals surface area contributed by atoms with Crippen molar-refractivity contribution in [2.45, 2.75) is 18.8 Å². The lowest BCUT2D eigenvalue weighted by molar-refractivity contribution is 0.410. The normalized spacial score (nSPS) is 27.8. The zero-order valence-corrected chi connectivity index (χ0v) is 11.6. The van der Waals surface area contributed by atoms with Crippen molar-refractivity contribution in [3.05, 3.63) is 17.8 Å². The maximum Gasteiger partial charge on any atom is 0.148 e. The molecule has 5 nitrogen and oxygen atoms in total. The van der Waals surface area contributed by atoms with Gasteiger partial charge >= 0.3 is 0 Å². The van der Waals surface area contributed by atoms with E-state index in [1.807, 2.05) is 0 Å². The molecule has 3 rings (SSSR count).